The van der Waals surface area contributed by atoms with E-state index < -0.39 is 0 Å². The minimum atomic E-state index is -0.0406. The molecule has 76 valence electrons. The van der Waals surface area contributed by atoms with E-state index in [9.17, 15) is 4.79 Å². The maximum atomic E-state index is 11.6. The van der Waals surface area contributed by atoms with E-state index in [0.29, 0.717) is 5.92 Å². The van der Waals surface area contributed by atoms with Gasteiger partial charge in [-0.05, 0) is 11.5 Å². The molecule has 14 heavy (non-hydrogen) atoms. The summed E-state index contributed by atoms with van der Waals surface area (Å²) < 4.78 is 0. The molecule has 1 unspecified atom stereocenters. The topological polar surface area (TPSA) is 29.1 Å². The van der Waals surface area contributed by atoms with Crippen LogP contribution in [0, 0.1) is 5.92 Å². The fourth-order valence-electron chi connectivity index (χ4n) is 1.65. The molecule has 1 atom stereocenters. The Bertz CT molecular complexity index is 292. The molecule has 1 aromatic carbocycles. The van der Waals surface area contributed by atoms with Crippen molar-refractivity contribution in [2.24, 2.45) is 5.92 Å². The van der Waals surface area contributed by atoms with Crippen LogP contribution in [0.2, 0.25) is 0 Å². The number of carbonyl (C=O) groups is 1. The highest BCUT2D eigenvalue weighted by molar-refractivity contribution is 5.83. The molecule has 1 rings (SSSR count). The Labute approximate surface area is 85.3 Å². The molecule has 0 aliphatic heterocycles. The highest BCUT2D eigenvalue weighted by Gasteiger charge is 2.22. The average molecular weight is 191 g/mol. The second-order valence-corrected chi connectivity index (χ2v) is 3.75. The first-order valence-corrected chi connectivity index (χ1v) is 4.93. The summed E-state index contributed by atoms with van der Waals surface area (Å²) in [5, 5.41) is 2.71. The molecule has 0 aromatic heterocycles. The molecule has 0 spiro atoms. The molecule has 0 aliphatic rings. The van der Waals surface area contributed by atoms with Gasteiger partial charge in [-0.2, -0.15) is 0 Å². The minimum absolute atomic E-state index is 0.0406. The van der Waals surface area contributed by atoms with E-state index >= 15 is 0 Å². The van der Waals surface area contributed by atoms with E-state index in [4.69, 9.17) is 0 Å². The first-order valence-electron chi connectivity index (χ1n) is 4.93. The van der Waals surface area contributed by atoms with Gasteiger partial charge in [0.05, 0.1) is 5.92 Å². The normalized spacial score (nSPS) is 12.6. The van der Waals surface area contributed by atoms with Crippen molar-refractivity contribution in [2.45, 2.75) is 19.8 Å². The lowest BCUT2D eigenvalue weighted by Gasteiger charge is -2.19. The molecule has 0 fully saturated rings. The molecule has 0 bridgehead atoms. The van der Waals surface area contributed by atoms with E-state index in [1.165, 1.54) is 0 Å². The minimum Gasteiger partial charge on any atom is -0.359 e. The lowest BCUT2D eigenvalue weighted by atomic mass is 9.88. The summed E-state index contributed by atoms with van der Waals surface area (Å²) in [6, 6.07) is 9.89. The van der Waals surface area contributed by atoms with Crippen molar-refractivity contribution in [2.75, 3.05) is 7.05 Å². The van der Waals surface area contributed by atoms with Crippen molar-refractivity contribution in [3.05, 3.63) is 35.9 Å². The van der Waals surface area contributed by atoms with E-state index in [-0.39, 0.29) is 11.8 Å². The van der Waals surface area contributed by atoms with Crippen molar-refractivity contribution >= 4 is 5.91 Å². The molecule has 1 amide bonds. The van der Waals surface area contributed by atoms with Gasteiger partial charge >= 0.3 is 0 Å². The zero-order valence-electron chi connectivity index (χ0n) is 8.95. The standard InChI is InChI=1S/C12H17NO/c1-9(2)11(12(14)13-3)10-7-5-4-6-8-10/h4-9,11H,1-3H3,(H,13,14). The summed E-state index contributed by atoms with van der Waals surface area (Å²) in [5.74, 6) is 0.366. The van der Waals surface area contributed by atoms with Crippen LogP contribution in [0.15, 0.2) is 30.3 Å². The fourth-order valence-corrected chi connectivity index (χ4v) is 1.65. The van der Waals surface area contributed by atoms with Crippen LogP contribution in [0.5, 0.6) is 0 Å². The number of likely N-dealkylation sites (N-methyl/N-ethyl adjacent to an activating group) is 1. The Morgan fingerprint density at radius 1 is 1.21 bits per heavy atom. The zero-order chi connectivity index (χ0) is 10.6. The third kappa shape index (κ3) is 2.34. The maximum Gasteiger partial charge on any atom is 0.227 e. The Hall–Kier alpha value is -1.31. The summed E-state index contributed by atoms with van der Waals surface area (Å²) in [6.45, 7) is 4.12. The van der Waals surface area contributed by atoms with Crippen molar-refractivity contribution in [1.29, 1.82) is 0 Å². The number of carbonyl (C=O) groups excluding carboxylic acids is 1. The molecule has 2 heteroatoms. The number of benzene rings is 1. The highest BCUT2D eigenvalue weighted by Crippen LogP contribution is 2.23. The summed E-state index contributed by atoms with van der Waals surface area (Å²) in [6.07, 6.45) is 0. The fraction of sp³-hybridized carbons (Fsp3) is 0.417. The van der Waals surface area contributed by atoms with Crippen molar-refractivity contribution in [3.63, 3.8) is 0 Å². The summed E-state index contributed by atoms with van der Waals surface area (Å²) in [4.78, 5) is 11.6. The molecule has 0 aliphatic carbocycles. The van der Waals surface area contributed by atoms with E-state index in [0.717, 1.165) is 5.56 Å². The van der Waals surface area contributed by atoms with Gasteiger partial charge < -0.3 is 5.32 Å². The van der Waals surface area contributed by atoms with Crippen LogP contribution in [0.1, 0.15) is 25.3 Å². The Morgan fingerprint density at radius 2 is 1.79 bits per heavy atom. The van der Waals surface area contributed by atoms with E-state index in [2.05, 4.69) is 19.2 Å². The SMILES string of the molecule is CNC(=O)C(c1ccccc1)C(C)C. The van der Waals surface area contributed by atoms with Crippen LogP contribution >= 0.6 is 0 Å². The van der Waals surface area contributed by atoms with Crippen LogP contribution in [0.4, 0.5) is 0 Å². The van der Waals surface area contributed by atoms with Gasteiger partial charge in [0.1, 0.15) is 0 Å². The third-order valence-corrected chi connectivity index (χ3v) is 2.35. The van der Waals surface area contributed by atoms with Gasteiger partial charge in [0.25, 0.3) is 0 Å². The molecule has 1 N–H and O–H groups in total. The van der Waals surface area contributed by atoms with Crippen LogP contribution in [0.25, 0.3) is 0 Å². The molecule has 1 aromatic rings. The molecule has 0 heterocycles. The van der Waals surface area contributed by atoms with Gasteiger partial charge in [-0.15, -0.1) is 0 Å². The molecule has 0 saturated carbocycles. The highest BCUT2D eigenvalue weighted by atomic mass is 16.1. The van der Waals surface area contributed by atoms with E-state index in [1.807, 2.05) is 30.3 Å². The number of rotatable bonds is 3. The van der Waals surface area contributed by atoms with Crippen LogP contribution in [-0.4, -0.2) is 13.0 Å². The molecule has 2 nitrogen and oxygen atoms in total. The lowest BCUT2D eigenvalue weighted by molar-refractivity contribution is -0.123. The molecule has 0 radical (unpaired) electrons. The van der Waals surface area contributed by atoms with Gasteiger partial charge in [0.2, 0.25) is 5.91 Å². The largest absolute Gasteiger partial charge is 0.359 e. The van der Waals surface area contributed by atoms with Gasteiger partial charge in [-0.25, -0.2) is 0 Å². The lowest BCUT2D eigenvalue weighted by Crippen LogP contribution is -2.28. The smallest absolute Gasteiger partial charge is 0.227 e. The monoisotopic (exact) mass is 191 g/mol. The first kappa shape index (κ1) is 10.8. The van der Waals surface area contributed by atoms with E-state index in [1.54, 1.807) is 7.05 Å². The molecular weight excluding hydrogens is 174 g/mol. The number of hydrogen-bond acceptors (Lipinski definition) is 1. The van der Waals surface area contributed by atoms with Crippen molar-refractivity contribution < 1.29 is 4.79 Å². The molecular formula is C12H17NO. The van der Waals surface area contributed by atoms with Crippen molar-refractivity contribution in [1.82, 2.24) is 5.32 Å². The van der Waals surface area contributed by atoms with Gasteiger partial charge in [-0.1, -0.05) is 44.2 Å². The first-order chi connectivity index (χ1) is 6.66. The predicted octanol–water partition coefficient (Wildman–Crippen LogP) is 2.17. The van der Waals surface area contributed by atoms with Gasteiger partial charge in [0, 0.05) is 7.05 Å². The quantitative estimate of drug-likeness (QED) is 0.779. The van der Waals surface area contributed by atoms with Crippen LogP contribution in [0.3, 0.4) is 0 Å². The zero-order valence-corrected chi connectivity index (χ0v) is 8.95. The van der Waals surface area contributed by atoms with Gasteiger partial charge in [0.15, 0.2) is 0 Å². The summed E-state index contributed by atoms with van der Waals surface area (Å²) in [7, 11) is 1.68. The summed E-state index contributed by atoms with van der Waals surface area (Å²) in [5.41, 5.74) is 1.09. The average Bonchev–Trinajstić information content (AvgIpc) is 2.19. The predicted molar refractivity (Wildman–Crippen MR) is 58.1 cm³/mol. The number of hydrogen-bond donors (Lipinski definition) is 1. The Morgan fingerprint density at radius 3 is 2.21 bits per heavy atom. The number of amides is 1. The Kier molecular flexibility index (Phi) is 3.69. The second-order valence-electron chi connectivity index (χ2n) is 3.75. The van der Waals surface area contributed by atoms with Crippen LogP contribution in [-0.2, 0) is 4.79 Å². The van der Waals surface area contributed by atoms with Gasteiger partial charge in [-0.3, -0.25) is 4.79 Å². The second kappa shape index (κ2) is 4.80. The maximum absolute atomic E-state index is 11.6. The Balaban J connectivity index is 2.95. The molecule has 0 saturated heterocycles. The number of nitrogens with one attached hydrogen (secondary N) is 1. The van der Waals surface area contributed by atoms with Crippen LogP contribution < -0.4 is 5.32 Å². The summed E-state index contributed by atoms with van der Waals surface area (Å²) >= 11 is 0. The van der Waals surface area contributed by atoms with Crippen molar-refractivity contribution in [3.8, 4) is 0 Å². The third-order valence-electron chi connectivity index (χ3n) is 2.35.